The average molecular weight is 398 g/mol. The minimum absolute atomic E-state index is 0.117. The molecule has 2 amide bonds. The van der Waals surface area contributed by atoms with Crippen molar-refractivity contribution in [3.8, 4) is 11.5 Å². The van der Waals surface area contributed by atoms with Crippen molar-refractivity contribution in [1.82, 2.24) is 14.9 Å². The van der Waals surface area contributed by atoms with Crippen molar-refractivity contribution in [3.63, 3.8) is 0 Å². The largest absolute Gasteiger partial charge is 0.486 e. The van der Waals surface area contributed by atoms with Crippen LogP contribution in [-0.2, 0) is 0 Å². The van der Waals surface area contributed by atoms with Gasteiger partial charge in [-0.1, -0.05) is 0 Å². The maximum atomic E-state index is 12.7. The van der Waals surface area contributed by atoms with Crippen molar-refractivity contribution in [2.45, 2.75) is 13.8 Å². The molecular weight excluding hydrogens is 372 g/mol. The molecule has 0 atom stereocenters. The first-order valence-electron chi connectivity index (χ1n) is 9.92. The van der Waals surface area contributed by atoms with Crippen LogP contribution in [0.2, 0.25) is 0 Å². The Morgan fingerprint density at radius 3 is 2.59 bits per heavy atom. The molecule has 1 fully saturated rings. The fourth-order valence-electron chi connectivity index (χ4n) is 3.45. The summed E-state index contributed by atoms with van der Waals surface area (Å²) in [4.78, 5) is 25.6. The molecule has 2 N–H and O–H groups in total. The molecule has 0 spiro atoms. The van der Waals surface area contributed by atoms with Crippen LogP contribution >= 0.6 is 0 Å². The molecule has 3 heterocycles. The van der Waals surface area contributed by atoms with Gasteiger partial charge in [0.2, 0.25) is 0 Å². The van der Waals surface area contributed by atoms with E-state index in [2.05, 4.69) is 25.5 Å². The molecule has 0 unspecified atom stereocenters. The van der Waals surface area contributed by atoms with Gasteiger partial charge >= 0.3 is 6.03 Å². The molecular formula is C20H26N6O3. The van der Waals surface area contributed by atoms with E-state index in [1.54, 1.807) is 6.07 Å². The second-order valence-electron chi connectivity index (χ2n) is 6.95. The molecule has 154 valence electrons. The Labute approximate surface area is 170 Å². The number of carbonyl (C=O) groups is 1. The minimum Gasteiger partial charge on any atom is -0.486 e. The van der Waals surface area contributed by atoms with Crippen LogP contribution in [0, 0.1) is 6.92 Å². The zero-order valence-corrected chi connectivity index (χ0v) is 16.8. The van der Waals surface area contributed by atoms with E-state index in [4.69, 9.17) is 9.47 Å². The van der Waals surface area contributed by atoms with Gasteiger partial charge in [0.1, 0.15) is 30.7 Å². The Morgan fingerprint density at radius 2 is 1.83 bits per heavy atom. The van der Waals surface area contributed by atoms with E-state index >= 15 is 0 Å². The van der Waals surface area contributed by atoms with Crippen LogP contribution in [0.15, 0.2) is 24.3 Å². The highest BCUT2D eigenvalue weighted by atomic mass is 16.6. The number of hydrogen-bond donors (Lipinski definition) is 2. The number of ether oxygens (including phenoxy) is 2. The van der Waals surface area contributed by atoms with Gasteiger partial charge in [-0.3, -0.25) is 0 Å². The maximum absolute atomic E-state index is 12.7. The van der Waals surface area contributed by atoms with Crippen LogP contribution in [0.5, 0.6) is 11.5 Å². The molecule has 29 heavy (non-hydrogen) atoms. The van der Waals surface area contributed by atoms with Crippen molar-refractivity contribution in [1.29, 1.82) is 0 Å². The van der Waals surface area contributed by atoms with Gasteiger partial charge < -0.3 is 29.9 Å². The lowest BCUT2D eigenvalue weighted by atomic mass is 10.2. The van der Waals surface area contributed by atoms with Gasteiger partial charge in [0.25, 0.3) is 0 Å². The molecule has 9 nitrogen and oxygen atoms in total. The Balaban J connectivity index is 1.35. The van der Waals surface area contributed by atoms with Gasteiger partial charge in [0, 0.05) is 50.5 Å². The van der Waals surface area contributed by atoms with Gasteiger partial charge in [-0.25, -0.2) is 14.8 Å². The molecule has 2 aliphatic heterocycles. The molecule has 0 saturated carbocycles. The van der Waals surface area contributed by atoms with E-state index in [1.807, 2.05) is 36.9 Å². The summed E-state index contributed by atoms with van der Waals surface area (Å²) in [7, 11) is 0. The fourth-order valence-corrected chi connectivity index (χ4v) is 3.45. The highest BCUT2D eigenvalue weighted by molar-refractivity contribution is 5.90. The summed E-state index contributed by atoms with van der Waals surface area (Å²) in [6.07, 6.45) is 0. The Hall–Kier alpha value is -3.23. The van der Waals surface area contributed by atoms with Crippen LogP contribution in [0.3, 0.4) is 0 Å². The Bertz CT molecular complexity index is 883. The van der Waals surface area contributed by atoms with Crippen LogP contribution in [0.4, 0.5) is 22.1 Å². The SMILES string of the molecule is CCNc1cc(N2CCN(C(=O)Nc3ccc4c(c3)OCCO4)CC2)nc(C)n1. The highest BCUT2D eigenvalue weighted by Crippen LogP contribution is 2.32. The number of rotatable bonds is 4. The average Bonchev–Trinajstić information content (AvgIpc) is 2.73. The number of anilines is 3. The number of aromatic nitrogens is 2. The number of nitrogens with one attached hydrogen (secondary N) is 2. The number of aryl methyl sites for hydroxylation is 1. The van der Waals surface area contributed by atoms with Crippen molar-refractivity contribution in [3.05, 3.63) is 30.1 Å². The first kappa shape index (κ1) is 19.1. The monoisotopic (exact) mass is 398 g/mol. The predicted octanol–water partition coefficient (Wildman–Crippen LogP) is 2.34. The van der Waals surface area contributed by atoms with Crippen LogP contribution < -0.4 is 25.0 Å². The lowest BCUT2D eigenvalue weighted by Crippen LogP contribution is -2.50. The lowest BCUT2D eigenvalue weighted by Gasteiger charge is -2.35. The second kappa shape index (κ2) is 8.42. The molecule has 4 rings (SSSR count). The van der Waals surface area contributed by atoms with Gasteiger partial charge in [0.05, 0.1) is 0 Å². The zero-order valence-electron chi connectivity index (χ0n) is 16.8. The van der Waals surface area contributed by atoms with E-state index in [-0.39, 0.29) is 6.03 Å². The summed E-state index contributed by atoms with van der Waals surface area (Å²) in [5.41, 5.74) is 0.698. The normalized spacial score (nSPS) is 15.8. The predicted molar refractivity (Wildman–Crippen MR) is 111 cm³/mol. The summed E-state index contributed by atoms with van der Waals surface area (Å²) >= 11 is 0. The molecule has 1 aromatic carbocycles. The molecule has 2 aromatic rings. The van der Waals surface area contributed by atoms with Crippen molar-refractivity contribution in [2.24, 2.45) is 0 Å². The number of benzene rings is 1. The number of piperazine rings is 1. The topological polar surface area (TPSA) is 91.9 Å². The van der Waals surface area contributed by atoms with Crippen molar-refractivity contribution >= 4 is 23.4 Å². The van der Waals surface area contributed by atoms with Crippen molar-refractivity contribution < 1.29 is 14.3 Å². The number of urea groups is 1. The smallest absolute Gasteiger partial charge is 0.321 e. The first-order chi connectivity index (χ1) is 14.1. The molecule has 1 saturated heterocycles. The summed E-state index contributed by atoms with van der Waals surface area (Å²) in [6.45, 7) is 8.48. The Kier molecular flexibility index (Phi) is 5.55. The summed E-state index contributed by atoms with van der Waals surface area (Å²) in [6, 6.07) is 7.29. The first-order valence-corrected chi connectivity index (χ1v) is 9.92. The van der Waals surface area contributed by atoms with Crippen LogP contribution in [0.1, 0.15) is 12.7 Å². The number of carbonyl (C=O) groups excluding carboxylic acids is 1. The van der Waals surface area contributed by atoms with E-state index in [0.717, 1.165) is 37.1 Å². The summed E-state index contributed by atoms with van der Waals surface area (Å²) in [5, 5.41) is 6.18. The van der Waals surface area contributed by atoms with E-state index < -0.39 is 0 Å². The fraction of sp³-hybridized carbons (Fsp3) is 0.450. The van der Waals surface area contributed by atoms with Gasteiger partial charge in [-0.05, 0) is 26.0 Å². The van der Waals surface area contributed by atoms with Crippen LogP contribution in [-0.4, -0.2) is 66.8 Å². The molecule has 0 radical (unpaired) electrons. The van der Waals surface area contributed by atoms with Gasteiger partial charge in [0.15, 0.2) is 11.5 Å². The third-order valence-corrected chi connectivity index (χ3v) is 4.87. The lowest BCUT2D eigenvalue weighted by molar-refractivity contribution is 0.171. The summed E-state index contributed by atoms with van der Waals surface area (Å²) < 4.78 is 11.1. The third kappa shape index (κ3) is 4.44. The molecule has 0 aliphatic carbocycles. The minimum atomic E-state index is -0.117. The van der Waals surface area contributed by atoms with Gasteiger partial charge in [-0.2, -0.15) is 0 Å². The number of amides is 2. The van der Waals surface area contributed by atoms with Gasteiger partial charge in [-0.15, -0.1) is 0 Å². The van der Waals surface area contributed by atoms with Crippen molar-refractivity contribution in [2.75, 3.05) is 61.5 Å². The second-order valence-corrected chi connectivity index (χ2v) is 6.95. The Morgan fingerprint density at radius 1 is 1.07 bits per heavy atom. The molecule has 2 aliphatic rings. The third-order valence-electron chi connectivity index (χ3n) is 4.87. The molecule has 0 bridgehead atoms. The highest BCUT2D eigenvalue weighted by Gasteiger charge is 2.23. The van der Waals surface area contributed by atoms with E-state index in [1.165, 1.54) is 0 Å². The molecule has 9 heteroatoms. The van der Waals surface area contributed by atoms with Crippen LogP contribution in [0.25, 0.3) is 0 Å². The quantitative estimate of drug-likeness (QED) is 0.817. The number of hydrogen-bond acceptors (Lipinski definition) is 7. The zero-order chi connectivity index (χ0) is 20.2. The number of fused-ring (bicyclic) bond motifs is 1. The molecule has 1 aromatic heterocycles. The maximum Gasteiger partial charge on any atom is 0.321 e. The standard InChI is InChI=1S/C20H26N6O3/c1-3-21-18-13-19(23-14(2)22-18)25-6-8-26(9-7-25)20(27)24-15-4-5-16-17(12-15)29-11-10-28-16/h4-5,12-13H,3,6-11H2,1-2H3,(H,24,27)(H,21,22,23). The summed E-state index contributed by atoms with van der Waals surface area (Å²) in [5.74, 6) is 3.82. The number of nitrogens with zero attached hydrogens (tertiary/aromatic N) is 4. The van der Waals surface area contributed by atoms with E-state index in [9.17, 15) is 4.79 Å². The van der Waals surface area contributed by atoms with E-state index in [0.29, 0.717) is 43.5 Å².